The van der Waals surface area contributed by atoms with Crippen molar-refractivity contribution < 1.29 is 19.4 Å². The molecule has 0 saturated carbocycles. The summed E-state index contributed by atoms with van der Waals surface area (Å²) in [5, 5.41) is 15.9. The molecule has 106 valence electrons. The predicted octanol–water partition coefficient (Wildman–Crippen LogP) is 1.60. The Balaban J connectivity index is 2.47. The van der Waals surface area contributed by atoms with Crippen LogP contribution in [0.1, 0.15) is 24.8 Å². The quantitative estimate of drug-likeness (QED) is 0.710. The van der Waals surface area contributed by atoms with E-state index < -0.39 is 18.0 Å². The first-order valence-corrected chi connectivity index (χ1v) is 6.84. The van der Waals surface area contributed by atoms with Gasteiger partial charge in [0.2, 0.25) is 0 Å². The normalized spacial score (nSPS) is 13.6. The summed E-state index contributed by atoms with van der Waals surface area (Å²) in [6, 6.07) is 1.87. The van der Waals surface area contributed by atoms with Gasteiger partial charge >= 0.3 is 12.0 Å². The molecule has 6 nitrogen and oxygen atoms in total. The van der Waals surface area contributed by atoms with Gasteiger partial charge in [0.25, 0.3) is 0 Å². The molecule has 0 saturated heterocycles. The Morgan fingerprint density at radius 2 is 2.26 bits per heavy atom. The molecule has 1 aromatic heterocycles. The van der Waals surface area contributed by atoms with E-state index in [1.54, 1.807) is 17.5 Å². The van der Waals surface area contributed by atoms with Crippen LogP contribution in [0.3, 0.4) is 0 Å². The van der Waals surface area contributed by atoms with Gasteiger partial charge < -0.3 is 20.5 Å². The maximum atomic E-state index is 11.6. The van der Waals surface area contributed by atoms with Crippen molar-refractivity contribution in [3.63, 3.8) is 0 Å². The standard InChI is InChI=1S/C12H18N2O4S/c1-3-18-8(2)7-13-12(17)14-10(11(15)16)9-5-4-6-19-9/h4-6,8,10H,3,7H2,1-2H3,(H,15,16)(H2,13,14,17). The molecule has 1 rings (SSSR count). The summed E-state index contributed by atoms with van der Waals surface area (Å²) in [6.07, 6.45) is -0.110. The molecule has 2 unspecified atom stereocenters. The second kappa shape index (κ2) is 7.75. The fourth-order valence-electron chi connectivity index (χ4n) is 1.47. The van der Waals surface area contributed by atoms with Gasteiger partial charge in [0.15, 0.2) is 6.04 Å². The Morgan fingerprint density at radius 1 is 1.53 bits per heavy atom. The molecule has 7 heteroatoms. The highest BCUT2D eigenvalue weighted by Crippen LogP contribution is 2.18. The summed E-state index contributed by atoms with van der Waals surface area (Å²) in [6.45, 7) is 4.60. The van der Waals surface area contributed by atoms with Crippen LogP contribution in [0.25, 0.3) is 0 Å². The van der Waals surface area contributed by atoms with E-state index in [0.29, 0.717) is 18.0 Å². The lowest BCUT2D eigenvalue weighted by atomic mass is 10.2. The number of amides is 2. The molecule has 1 aromatic rings. The van der Waals surface area contributed by atoms with Crippen LogP contribution < -0.4 is 10.6 Å². The van der Waals surface area contributed by atoms with E-state index >= 15 is 0 Å². The highest BCUT2D eigenvalue weighted by Gasteiger charge is 2.22. The maximum Gasteiger partial charge on any atom is 0.331 e. The van der Waals surface area contributed by atoms with Gasteiger partial charge in [-0.05, 0) is 25.3 Å². The molecule has 0 radical (unpaired) electrons. The topological polar surface area (TPSA) is 87.7 Å². The zero-order chi connectivity index (χ0) is 14.3. The number of hydrogen-bond acceptors (Lipinski definition) is 4. The number of nitrogens with one attached hydrogen (secondary N) is 2. The molecular weight excluding hydrogens is 268 g/mol. The minimum Gasteiger partial charge on any atom is -0.479 e. The van der Waals surface area contributed by atoms with E-state index in [-0.39, 0.29) is 6.10 Å². The molecule has 0 aliphatic rings. The second-order valence-corrected chi connectivity index (χ2v) is 4.89. The van der Waals surface area contributed by atoms with Crippen LogP contribution in [0.15, 0.2) is 17.5 Å². The summed E-state index contributed by atoms with van der Waals surface area (Å²) < 4.78 is 5.26. The molecule has 0 bridgehead atoms. The molecule has 19 heavy (non-hydrogen) atoms. The smallest absolute Gasteiger partial charge is 0.331 e. The van der Waals surface area contributed by atoms with Gasteiger partial charge in [-0.2, -0.15) is 0 Å². The minimum atomic E-state index is -1.09. The van der Waals surface area contributed by atoms with Gasteiger partial charge in [0, 0.05) is 18.0 Å². The lowest BCUT2D eigenvalue weighted by molar-refractivity contribution is -0.139. The summed E-state index contributed by atoms with van der Waals surface area (Å²) in [4.78, 5) is 23.3. The number of carbonyl (C=O) groups is 2. The second-order valence-electron chi connectivity index (χ2n) is 3.91. The van der Waals surface area contributed by atoms with Crippen LogP contribution >= 0.6 is 11.3 Å². The van der Waals surface area contributed by atoms with Gasteiger partial charge in [-0.1, -0.05) is 6.07 Å². The number of carboxylic acid groups (broad SMARTS) is 1. The van der Waals surface area contributed by atoms with Crippen LogP contribution in [-0.2, 0) is 9.53 Å². The first-order chi connectivity index (χ1) is 9.04. The zero-order valence-corrected chi connectivity index (χ0v) is 11.7. The van der Waals surface area contributed by atoms with E-state index in [4.69, 9.17) is 9.84 Å². The van der Waals surface area contributed by atoms with Gasteiger partial charge in [0.1, 0.15) is 0 Å². The molecule has 2 amide bonds. The lowest BCUT2D eigenvalue weighted by Crippen LogP contribution is -2.43. The van der Waals surface area contributed by atoms with Crippen molar-refractivity contribution in [2.75, 3.05) is 13.2 Å². The summed E-state index contributed by atoms with van der Waals surface area (Å²) in [5.74, 6) is -1.09. The molecule has 0 aliphatic carbocycles. The predicted molar refractivity (Wildman–Crippen MR) is 72.3 cm³/mol. The Bertz CT molecular complexity index is 408. The summed E-state index contributed by atoms with van der Waals surface area (Å²) >= 11 is 1.29. The molecular formula is C12H18N2O4S. The average Bonchev–Trinajstić information content (AvgIpc) is 2.87. The molecule has 2 atom stereocenters. The minimum absolute atomic E-state index is 0.110. The van der Waals surface area contributed by atoms with Crippen LogP contribution in [0.4, 0.5) is 4.79 Å². The van der Waals surface area contributed by atoms with Crippen molar-refractivity contribution in [2.24, 2.45) is 0 Å². The lowest BCUT2D eigenvalue weighted by Gasteiger charge is -2.16. The highest BCUT2D eigenvalue weighted by molar-refractivity contribution is 7.10. The largest absolute Gasteiger partial charge is 0.479 e. The Labute approximate surface area is 115 Å². The highest BCUT2D eigenvalue weighted by atomic mass is 32.1. The maximum absolute atomic E-state index is 11.6. The van der Waals surface area contributed by atoms with Gasteiger partial charge in [-0.15, -0.1) is 11.3 Å². The van der Waals surface area contributed by atoms with Gasteiger partial charge in [0.05, 0.1) is 6.10 Å². The fourth-order valence-corrected chi connectivity index (χ4v) is 2.24. The van der Waals surface area contributed by atoms with Gasteiger partial charge in [-0.25, -0.2) is 9.59 Å². The average molecular weight is 286 g/mol. The number of aliphatic carboxylic acids is 1. The number of hydrogen-bond donors (Lipinski definition) is 3. The number of ether oxygens (including phenoxy) is 1. The van der Waals surface area contributed by atoms with E-state index in [1.165, 1.54) is 11.3 Å². The molecule has 0 aliphatic heterocycles. The Kier molecular flexibility index (Phi) is 6.31. The van der Waals surface area contributed by atoms with Crippen molar-refractivity contribution >= 4 is 23.3 Å². The van der Waals surface area contributed by atoms with Crippen LogP contribution in [0.2, 0.25) is 0 Å². The Morgan fingerprint density at radius 3 is 2.79 bits per heavy atom. The third-order valence-corrected chi connectivity index (χ3v) is 3.29. The Hall–Kier alpha value is -1.60. The van der Waals surface area contributed by atoms with Crippen molar-refractivity contribution in [3.05, 3.63) is 22.4 Å². The number of carboxylic acids is 1. The van der Waals surface area contributed by atoms with E-state index in [2.05, 4.69) is 10.6 Å². The van der Waals surface area contributed by atoms with Crippen LogP contribution in [0.5, 0.6) is 0 Å². The third-order valence-electron chi connectivity index (χ3n) is 2.35. The molecule has 3 N–H and O–H groups in total. The number of carbonyl (C=O) groups excluding carboxylic acids is 1. The van der Waals surface area contributed by atoms with Crippen LogP contribution in [0, 0.1) is 0 Å². The molecule has 1 heterocycles. The molecule has 0 aromatic carbocycles. The van der Waals surface area contributed by atoms with E-state index in [1.807, 2.05) is 13.8 Å². The summed E-state index contributed by atoms with van der Waals surface area (Å²) in [5.41, 5.74) is 0. The first kappa shape index (κ1) is 15.5. The monoisotopic (exact) mass is 286 g/mol. The van der Waals surface area contributed by atoms with Crippen molar-refractivity contribution in [1.82, 2.24) is 10.6 Å². The number of rotatable bonds is 7. The van der Waals surface area contributed by atoms with Crippen molar-refractivity contribution in [2.45, 2.75) is 26.0 Å². The van der Waals surface area contributed by atoms with Gasteiger partial charge in [-0.3, -0.25) is 0 Å². The van der Waals surface area contributed by atoms with E-state index in [0.717, 1.165) is 0 Å². The first-order valence-electron chi connectivity index (χ1n) is 5.96. The van der Waals surface area contributed by atoms with Crippen LogP contribution in [-0.4, -0.2) is 36.4 Å². The molecule has 0 spiro atoms. The SMILES string of the molecule is CCOC(C)CNC(=O)NC(C(=O)O)c1cccs1. The zero-order valence-electron chi connectivity index (χ0n) is 10.9. The number of thiophene rings is 1. The third kappa shape index (κ3) is 5.27. The van der Waals surface area contributed by atoms with Crippen molar-refractivity contribution in [1.29, 1.82) is 0 Å². The van der Waals surface area contributed by atoms with Crippen molar-refractivity contribution in [3.8, 4) is 0 Å². The fraction of sp³-hybridized carbons (Fsp3) is 0.500. The number of urea groups is 1. The molecule has 0 fully saturated rings. The summed E-state index contributed by atoms with van der Waals surface area (Å²) in [7, 11) is 0. The van der Waals surface area contributed by atoms with E-state index in [9.17, 15) is 9.59 Å².